The number of hydrogen-bond donors (Lipinski definition) is 2. The Labute approximate surface area is 107 Å². The zero-order valence-electron chi connectivity index (χ0n) is 10.5. The summed E-state index contributed by atoms with van der Waals surface area (Å²) in [6.45, 7) is 1.91. The van der Waals surface area contributed by atoms with Gasteiger partial charge >= 0.3 is 0 Å². The summed E-state index contributed by atoms with van der Waals surface area (Å²) in [5.74, 6) is 0.774. The molecule has 3 N–H and O–H groups in total. The molecule has 0 fully saturated rings. The van der Waals surface area contributed by atoms with Gasteiger partial charge in [0.25, 0.3) is 0 Å². The van der Waals surface area contributed by atoms with E-state index in [-0.39, 0.29) is 18.8 Å². The van der Waals surface area contributed by atoms with E-state index in [1.165, 1.54) is 0 Å². The largest absolute Gasteiger partial charge is 0.486 e. The Morgan fingerprint density at radius 2 is 1.89 bits per heavy atom. The van der Waals surface area contributed by atoms with Gasteiger partial charge in [-0.05, 0) is 17.9 Å². The number of benzene rings is 2. The Hall–Kier alpha value is -1.58. The van der Waals surface area contributed by atoms with Crippen molar-refractivity contribution in [2.45, 2.75) is 25.5 Å². The van der Waals surface area contributed by atoms with Gasteiger partial charge in [0, 0.05) is 11.4 Å². The molecule has 18 heavy (non-hydrogen) atoms. The van der Waals surface area contributed by atoms with Crippen molar-refractivity contribution < 1.29 is 9.84 Å². The molecule has 3 nitrogen and oxygen atoms in total. The third-order valence-corrected chi connectivity index (χ3v) is 3.16. The fourth-order valence-electron chi connectivity index (χ4n) is 1.98. The highest BCUT2D eigenvalue weighted by molar-refractivity contribution is 5.88. The molecule has 2 atom stereocenters. The summed E-state index contributed by atoms with van der Waals surface area (Å²) in [6, 6.07) is 13.8. The molecule has 96 valence electrons. The molecular weight excluding hydrogens is 226 g/mol. The Balaban J connectivity index is 2.30. The van der Waals surface area contributed by atoms with Gasteiger partial charge in [0.2, 0.25) is 0 Å². The van der Waals surface area contributed by atoms with Crippen molar-refractivity contribution in [2.24, 2.45) is 5.73 Å². The van der Waals surface area contributed by atoms with Gasteiger partial charge in [0.1, 0.15) is 11.9 Å². The predicted octanol–water partition coefficient (Wildman–Crippen LogP) is 2.32. The highest BCUT2D eigenvalue weighted by Crippen LogP contribution is 2.26. The van der Waals surface area contributed by atoms with Crippen LogP contribution in [-0.4, -0.2) is 23.9 Å². The van der Waals surface area contributed by atoms with Gasteiger partial charge < -0.3 is 15.6 Å². The molecule has 2 unspecified atom stereocenters. The highest BCUT2D eigenvalue weighted by Gasteiger charge is 2.17. The first-order chi connectivity index (χ1) is 8.76. The minimum absolute atomic E-state index is 0.0712. The first kappa shape index (κ1) is 12.9. The van der Waals surface area contributed by atoms with Crippen LogP contribution in [0.15, 0.2) is 42.5 Å². The molecule has 0 aromatic heterocycles. The van der Waals surface area contributed by atoms with Gasteiger partial charge in [0.05, 0.1) is 6.61 Å². The molecule has 0 saturated heterocycles. The van der Waals surface area contributed by atoms with Crippen molar-refractivity contribution in [3.05, 3.63) is 42.5 Å². The highest BCUT2D eigenvalue weighted by atomic mass is 16.5. The van der Waals surface area contributed by atoms with E-state index in [2.05, 4.69) is 0 Å². The van der Waals surface area contributed by atoms with E-state index < -0.39 is 0 Å². The predicted molar refractivity (Wildman–Crippen MR) is 73.7 cm³/mol. The Morgan fingerprint density at radius 3 is 2.61 bits per heavy atom. The smallest absolute Gasteiger partial charge is 0.137 e. The zero-order chi connectivity index (χ0) is 13.0. The maximum absolute atomic E-state index is 9.36. The number of hydrogen-bond acceptors (Lipinski definition) is 3. The summed E-state index contributed by atoms with van der Waals surface area (Å²) in [4.78, 5) is 0. The second-order valence-electron chi connectivity index (χ2n) is 4.39. The van der Waals surface area contributed by atoms with E-state index in [1.807, 2.05) is 49.4 Å². The summed E-state index contributed by atoms with van der Waals surface area (Å²) in [6.07, 6.45) is 0.413. The van der Waals surface area contributed by atoms with Crippen LogP contribution in [0.2, 0.25) is 0 Å². The molecule has 0 aliphatic heterocycles. The van der Waals surface area contributed by atoms with Gasteiger partial charge in [-0.1, -0.05) is 43.3 Å². The van der Waals surface area contributed by atoms with Gasteiger partial charge in [0.15, 0.2) is 0 Å². The maximum atomic E-state index is 9.36. The Kier molecular flexibility index (Phi) is 4.18. The van der Waals surface area contributed by atoms with Crippen molar-refractivity contribution in [3.8, 4) is 5.75 Å². The average Bonchev–Trinajstić information content (AvgIpc) is 2.44. The zero-order valence-corrected chi connectivity index (χ0v) is 10.5. The summed E-state index contributed by atoms with van der Waals surface area (Å²) in [7, 11) is 0. The SMILES string of the molecule is CCC(N)C(CO)Oc1cccc2ccccc12. The van der Waals surface area contributed by atoms with E-state index in [1.54, 1.807) is 0 Å². The summed E-state index contributed by atoms with van der Waals surface area (Å²) >= 11 is 0. The molecule has 0 aliphatic carbocycles. The van der Waals surface area contributed by atoms with Gasteiger partial charge in [-0.3, -0.25) is 0 Å². The normalized spacial score (nSPS) is 14.4. The number of aliphatic hydroxyl groups excluding tert-OH is 1. The number of rotatable bonds is 5. The van der Waals surface area contributed by atoms with Crippen LogP contribution in [-0.2, 0) is 0 Å². The molecule has 0 heterocycles. The second-order valence-corrected chi connectivity index (χ2v) is 4.39. The fourth-order valence-corrected chi connectivity index (χ4v) is 1.98. The molecule has 0 radical (unpaired) electrons. The second kappa shape index (κ2) is 5.85. The molecular formula is C15H19NO2. The average molecular weight is 245 g/mol. The van der Waals surface area contributed by atoms with Crippen molar-refractivity contribution in [2.75, 3.05) is 6.61 Å². The molecule has 2 rings (SSSR count). The van der Waals surface area contributed by atoms with Crippen LogP contribution in [0.5, 0.6) is 5.75 Å². The lowest BCUT2D eigenvalue weighted by Gasteiger charge is -2.23. The van der Waals surface area contributed by atoms with Crippen LogP contribution in [0.1, 0.15) is 13.3 Å². The molecule has 0 aliphatic rings. The third-order valence-electron chi connectivity index (χ3n) is 3.16. The number of ether oxygens (including phenoxy) is 1. The quantitative estimate of drug-likeness (QED) is 0.850. The van der Waals surface area contributed by atoms with Crippen molar-refractivity contribution in [1.82, 2.24) is 0 Å². The van der Waals surface area contributed by atoms with Crippen molar-refractivity contribution in [1.29, 1.82) is 0 Å². The lowest BCUT2D eigenvalue weighted by atomic mass is 10.1. The van der Waals surface area contributed by atoms with Crippen molar-refractivity contribution >= 4 is 10.8 Å². The first-order valence-electron chi connectivity index (χ1n) is 6.27. The van der Waals surface area contributed by atoms with Crippen molar-refractivity contribution in [3.63, 3.8) is 0 Å². The molecule has 0 amide bonds. The minimum atomic E-state index is -0.360. The van der Waals surface area contributed by atoms with Gasteiger partial charge in [-0.25, -0.2) is 0 Å². The first-order valence-corrected chi connectivity index (χ1v) is 6.27. The van der Waals surface area contributed by atoms with Crippen LogP contribution in [0.25, 0.3) is 10.8 Å². The van der Waals surface area contributed by atoms with E-state index in [9.17, 15) is 5.11 Å². The fraction of sp³-hybridized carbons (Fsp3) is 0.333. The molecule has 2 aromatic rings. The Bertz CT molecular complexity index is 507. The van der Waals surface area contributed by atoms with Gasteiger partial charge in [-0.2, -0.15) is 0 Å². The van der Waals surface area contributed by atoms with Crippen LogP contribution in [0, 0.1) is 0 Å². The molecule has 0 spiro atoms. The summed E-state index contributed by atoms with van der Waals surface area (Å²) < 4.78 is 5.85. The van der Waals surface area contributed by atoms with Crippen LogP contribution in [0.4, 0.5) is 0 Å². The van der Waals surface area contributed by atoms with Crippen LogP contribution >= 0.6 is 0 Å². The summed E-state index contributed by atoms with van der Waals surface area (Å²) in [5.41, 5.74) is 5.93. The van der Waals surface area contributed by atoms with E-state index in [4.69, 9.17) is 10.5 Å². The molecule has 2 aromatic carbocycles. The standard InChI is InChI=1S/C15H19NO2/c1-2-13(16)15(10-17)18-14-9-5-7-11-6-3-4-8-12(11)14/h3-9,13,15,17H,2,10,16H2,1H3. The monoisotopic (exact) mass is 245 g/mol. The van der Waals surface area contributed by atoms with Crippen LogP contribution < -0.4 is 10.5 Å². The maximum Gasteiger partial charge on any atom is 0.137 e. The molecule has 0 bridgehead atoms. The third kappa shape index (κ3) is 2.63. The van der Waals surface area contributed by atoms with Crippen LogP contribution in [0.3, 0.4) is 0 Å². The number of fused-ring (bicyclic) bond motifs is 1. The minimum Gasteiger partial charge on any atom is -0.486 e. The van der Waals surface area contributed by atoms with E-state index in [0.717, 1.165) is 22.9 Å². The molecule has 3 heteroatoms. The lowest BCUT2D eigenvalue weighted by Crippen LogP contribution is -2.41. The summed E-state index contributed by atoms with van der Waals surface area (Å²) in [5, 5.41) is 11.5. The number of aliphatic hydroxyl groups is 1. The number of nitrogens with two attached hydrogens (primary N) is 1. The van der Waals surface area contributed by atoms with E-state index >= 15 is 0 Å². The van der Waals surface area contributed by atoms with Gasteiger partial charge in [-0.15, -0.1) is 0 Å². The Morgan fingerprint density at radius 1 is 1.17 bits per heavy atom. The lowest BCUT2D eigenvalue weighted by molar-refractivity contribution is 0.0946. The van der Waals surface area contributed by atoms with E-state index in [0.29, 0.717) is 0 Å². The topological polar surface area (TPSA) is 55.5 Å². The molecule has 0 saturated carbocycles.